The van der Waals surface area contributed by atoms with E-state index in [9.17, 15) is 9.18 Å². The monoisotopic (exact) mass is 442 g/mol. The molecule has 9 heteroatoms. The van der Waals surface area contributed by atoms with E-state index in [-0.39, 0.29) is 24.3 Å². The number of carbonyl (C=O) groups excluding carboxylic acids is 1. The van der Waals surface area contributed by atoms with Crippen LogP contribution in [0.4, 0.5) is 10.3 Å². The summed E-state index contributed by atoms with van der Waals surface area (Å²) in [7, 11) is 0. The first kappa shape index (κ1) is 20.1. The SMILES string of the molecule is O=C(Nc1ncn(Cc2cccc(Cl)c2)n1)c1cc(COc2cccc(F)c2)cs1. The van der Waals surface area contributed by atoms with Crippen LogP contribution in [0.3, 0.4) is 0 Å². The Morgan fingerprint density at radius 1 is 1.17 bits per heavy atom. The number of hydrogen-bond donors (Lipinski definition) is 1. The van der Waals surface area contributed by atoms with Gasteiger partial charge in [0.05, 0.1) is 11.4 Å². The van der Waals surface area contributed by atoms with Crippen molar-refractivity contribution in [2.24, 2.45) is 0 Å². The number of nitrogens with one attached hydrogen (secondary N) is 1. The predicted octanol–water partition coefficient (Wildman–Crippen LogP) is 5.01. The second kappa shape index (κ2) is 9.06. The van der Waals surface area contributed by atoms with Crippen LogP contribution in [-0.2, 0) is 13.2 Å². The van der Waals surface area contributed by atoms with Crippen LogP contribution >= 0.6 is 22.9 Å². The first-order chi connectivity index (χ1) is 14.5. The largest absolute Gasteiger partial charge is 0.489 e. The molecule has 0 saturated heterocycles. The number of rotatable bonds is 7. The summed E-state index contributed by atoms with van der Waals surface area (Å²) in [6, 6.07) is 15.1. The molecule has 2 heterocycles. The Kier molecular flexibility index (Phi) is 6.06. The molecular formula is C21H16ClFN4O2S. The third-order valence-corrected chi connectivity index (χ3v) is 5.29. The summed E-state index contributed by atoms with van der Waals surface area (Å²) < 4.78 is 20.4. The average Bonchev–Trinajstić information content (AvgIpc) is 3.36. The Morgan fingerprint density at radius 3 is 2.87 bits per heavy atom. The van der Waals surface area contributed by atoms with Crippen LogP contribution in [0.5, 0.6) is 5.75 Å². The Labute approximate surface area is 180 Å². The van der Waals surface area contributed by atoms with E-state index in [0.717, 1.165) is 11.1 Å². The van der Waals surface area contributed by atoms with E-state index in [1.54, 1.807) is 35.3 Å². The van der Waals surface area contributed by atoms with Gasteiger partial charge < -0.3 is 4.74 Å². The maximum Gasteiger partial charge on any atom is 0.268 e. The number of ether oxygens (including phenoxy) is 1. The second-order valence-corrected chi connectivity index (χ2v) is 7.76. The molecule has 0 fully saturated rings. The maximum atomic E-state index is 13.2. The van der Waals surface area contributed by atoms with Crippen molar-refractivity contribution >= 4 is 34.8 Å². The lowest BCUT2D eigenvalue weighted by Gasteiger charge is -2.04. The molecule has 1 amide bonds. The van der Waals surface area contributed by atoms with Gasteiger partial charge in [0.15, 0.2) is 0 Å². The van der Waals surface area contributed by atoms with Gasteiger partial charge in [0.25, 0.3) is 5.91 Å². The molecule has 4 aromatic rings. The number of benzene rings is 2. The highest BCUT2D eigenvalue weighted by atomic mass is 35.5. The number of halogens is 2. The lowest BCUT2D eigenvalue weighted by molar-refractivity contribution is 0.102. The number of nitrogens with zero attached hydrogens (tertiary/aromatic N) is 3. The zero-order valence-corrected chi connectivity index (χ0v) is 17.2. The fraction of sp³-hybridized carbons (Fsp3) is 0.0952. The molecule has 0 aliphatic heterocycles. The summed E-state index contributed by atoms with van der Waals surface area (Å²) in [5.74, 6) is -0.0210. The molecule has 0 bridgehead atoms. The molecule has 0 aliphatic carbocycles. The molecule has 2 aromatic carbocycles. The van der Waals surface area contributed by atoms with Crippen molar-refractivity contribution in [2.75, 3.05) is 5.32 Å². The van der Waals surface area contributed by atoms with Gasteiger partial charge in [-0.2, -0.15) is 0 Å². The Hall–Kier alpha value is -3.23. The highest BCUT2D eigenvalue weighted by Gasteiger charge is 2.12. The topological polar surface area (TPSA) is 69.0 Å². The van der Waals surface area contributed by atoms with Crippen LogP contribution in [0.1, 0.15) is 20.8 Å². The van der Waals surface area contributed by atoms with Gasteiger partial charge in [0.2, 0.25) is 5.95 Å². The third kappa shape index (κ3) is 5.22. The zero-order chi connectivity index (χ0) is 20.9. The van der Waals surface area contributed by atoms with Crippen LogP contribution in [0.15, 0.2) is 66.3 Å². The van der Waals surface area contributed by atoms with E-state index in [0.29, 0.717) is 22.2 Å². The van der Waals surface area contributed by atoms with Crippen molar-refractivity contribution in [2.45, 2.75) is 13.2 Å². The molecule has 0 aliphatic rings. The molecule has 4 rings (SSSR count). The van der Waals surface area contributed by atoms with Crippen molar-refractivity contribution in [1.29, 1.82) is 0 Å². The number of anilines is 1. The smallest absolute Gasteiger partial charge is 0.268 e. The number of thiophene rings is 1. The number of amides is 1. The Balaban J connectivity index is 1.34. The summed E-state index contributed by atoms with van der Waals surface area (Å²) in [5.41, 5.74) is 1.79. The lowest BCUT2D eigenvalue weighted by Crippen LogP contribution is -2.12. The van der Waals surface area contributed by atoms with Gasteiger partial charge in [-0.3, -0.25) is 10.1 Å². The van der Waals surface area contributed by atoms with Gasteiger partial charge in [-0.1, -0.05) is 29.8 Å². The minimum absolute atomic E-state index is 0.216. The van der Waals surface area contributed by atoms with E-state index in [4.69, 9.17) is 16.3 Å². The minimum atomic E-state index is -0.361. The molecule has 6 nitrogen and oxygen atoms in total. The minimum Gasteiger partial charge on any atom is -0.489 e. The van der Waals surface area contributed by atoms with E-state index >= 15 is 0 Å². The van der Waals surface area contributed by atoms with Gasteiger partial charge in [-0.15, -0.1) is 16.4 Å². The van der Waals surface area contributed by atoms with E-state index < -0.39 is 0 Å². The molecule has 0 spiro atoms. The van der Waals surface area contributed by atoms with Crippen molar-refractivity contribution in [3.8, 4) is 5.75 Å². The number of aromatic nitrogens is 3. The van der Waals surface area contributed by atoms with E-state index in [1.165, 1.54) is 23.5 Å². The van der Waals surface area contributed by atoms with Gasteiger partial charge in [0.1, 0.15) is 24.5 Å². The molecular weight excluding hydrogens is 427 g/mol. The third-order valence-electron chi connectivity index (χ3n) is 4.07. The van der Waals surface area contributed by atoms with Gasteiger partial charge in [-0.05, 0) is 41.3 Å². The first-order valence-electron chi connectivity index (χ1n) is 8.96. The highest BCUT2D eigenvalue weighted by Crippen LogP contribution is 2.19. The van der Waals surface area contributed by atoms with Crippen LogP contribution in [0.25, 0.3) is 0 Å². The number of hydrogen-bond acceptors (Lipinski definition) is 5. The van der Waals surface area contributed by atoms with Crippen molar-refractivity contribution in [1.82, 2.24) is 14.8 Å². The molecule has 2 aromatic heterocycles. The summed E-state index contributed by atoms with van der Waals surface area (Å²) >= 11 is 7.28. The fourth-order valence-corrected chi connectivity index (χ4v) is 3.71. The molecule has 0 unspecified atom stereocenters. The average molecular weight is 443 g/mol. The molecule has 0 atom stereocenters. The zero-order valence-electron chi connectivity index (χ0n) is 15.6. The molecule has 152 valence electrons. The van der Waals surface area contributed by atoms with Gasteiger partial charge >= 0.3 is 0 Å². The van der Waals surface area contributed by atoms with E-state index in [1.807, 2.05) is 23.6 Å². The maximum absolute atomic E-state index is 13.2. The normalized spacial score (nSPS) is 10.7. The first-order valence-corrected chi connectivity index (χ1v) is 10.2. The van der Waals surface area contributed by atoms with Gasteiger partial charge in [-0.25, -0.2) is 14.1 Å². The molecule has 1 N–H and O–H groups in total. The summed E-state index contributed by atoms with van der Waals surface area (Å²) in [4.78, 5) is 17.1. The van der Waals surface area contributed by atoms with Crippen LogP contribution in [0.2, 0.25) is 5.02 Å². The quantitative estimate of drug-likeness (QED) is 0.436. The summed E-state index contributed by atoms with van der Waals surface area (Å²) in [5, 5.41) is 9.42. The molecule has 0 saturated carbocycles. The van der Waals surface area contributed by atoms with Gasteiger partial charge in [0, 0.05) is 16.7 Å². The summed E-state index contributed by atoms with van der Waals surface area (Å²) in [6.07, 6.45) is 1.54. The molecule has 30 heavy (non-hydrogen) atoms. The van der Waals surface area contributed by atoms with Crippen LogP contribution < -0.4 is 10.1 Å². The lowest BCUT2D eigenvalue weighted by atomic mass is 10.2. The van der Waals surface area contributed by atoms with Crippen molar-refractivity contribution < 1.29 is 13.9 Å². The predicted molar refractivity (Wildman–Crippen MR) is 114 cm³/mol. The standard InChI is InChI=1S/C21H16ClFN4O2S/c22-16-4-1-3-14(7-16)10-27-13-24-21(26-27)25-20(28)19-8-15(12-30-19)11-29-18-6-2-5-17(23)9-18/h1-9,12-13H,10-11H2,(H,25,26,28). The molecule has 0 radical (unpaired) electrons. The van der Waals surface area contributed by atoms with Crippen molar-refractivity contribution in [3.63, 3.8) is 0 Å². The van der Waals surface area contributed by atoms with Crippen LogP contribution in [-0.4, -0.2) is 20.7 Å². The second-order valence-electron chi connectivity index (χ2n) is 6.42. The van der Waals surface area contributed by atoms with Crippen LogP contribution in [0, 0.1) is 5.82 Å². The van der Waals surface area contributed by atoms with Crippen molar-refractivity contribution in [3.05, 3.63) is 93.1 Å². The van der Waals surface area contributed by atoms with E-state index in [2.05, 4.69) is 15.4 Å². The Morgan fingerprint density at radius 2 is 2.03 bits per heavy atom. The fourth-order valence-electron chi connectivity index (χ4n) is 2.71. The number of carbonyl (C=O) groups is 1. The Bertz CT molecular complexity index is 1180. The summed E-state index contributed by atoms with van der Waals surface area (Å²) in [6.45, 7) is 0.726. The highest BCUT2D eigenvalue weighted by molar-refractivity contribution is 7.12.